The molecule has 14 heavy (non-hydrogen) atoms. The highest BCUT2D eigenvalue weighted by atomic mass is 35.5. The summed E-state index contributed by atoms with van der Waals surface area (Å²) in [6, 6.07) is 3.87. The first-order valence-electron chi connectivity index (χ1n) is 4.15. The van der Waals surface area contributed by atoms with Crippen molar-refractivity contribution < 1.29 is 4.74 Å². The Morgan fingerprint density at radius 3 is 2.57 bits per heavy atom. The van der Waals surface area contributed by atoms with E-state index in [1.165, 1.54) is 0 Å². The molecule has 4 heteroatoms. The molecule has 0 fully saturated rings. The zero-order valence-electron chi connectivity index (χ0n) is 7.82. The predicted octanol–water partition coefficient (Wildman–Crippen LogP) is 3.79. The number of benzene rings is 1. The minimum Gasteiger partial charge on any atom is -0.495 e. The van der Waals surface area contributed by atoms with Gasteiger partial charge in [0.1, 0.15) is 10.8 Å². The molecule has 0 atom stereocenters. The van der Waals surface area contributed by atoms with Crippen molar-refractivity contribution >= 4 is 34.1 Å². The van der Waals surface area contributed by atoms with Crippen LogP contribution in [-0.4, -0.2) is 12.1 Å². The summed E-state index contributed by atoms with van der Waals surface area (Å²) in [5.41, 5.74) is 1.90. The molecule has 0 radical (unpaired) electrons. The van der Waals surface area contributed by atoms with Crippen molar-refractivity contribution in [2.75, 3.05) is 7.11 Å². The first-order valence-corrected chi connectivity index (χ1v) is 4.90. The van der Waals surface area contributed by atoms with E-state index in [1.807, 2.05) is 19.1 Å². The molecule has 0 saturated carbocycles. The number of aromatic amines is 1. The van der Waals surface area contributed by atoms with Crippen LogP contribution in [-0.2, 0) is 0 Å². The quantitative estimate of drug-likeness (QED) is 0.791. The van der Waals surface area contributed by atoms with Crippen molar-refractivity contribution in [3.05, 3.63) is 27.9 Å². The molecule has 74 valence electrons. The van der Waals surface area contributed by atoms with E-state index in [0.29, 0.717) is 15.8 Å². The minimum atomic E-state index is 0.448. The Labute approximate surface area is 91.8 Å². The Kier molecular flexibility index (Phi) is 2.33. The summed E-state index contributed by atoms with van der Waals surface area (Å²) < 4.78 is 5.11. The van der Waals surface area contributed by atoms with Crippen LogP contribution in [0.4, 0.5) is 0 Å². The second-order valence-electron chi connectivity index (χ2n) is 3.12. The number of aryl methyl sites for hydroxylation is 1. The monoisotopic (exact) mass is 229 g/mol. The highest BCUT2D eigenvalue weighted by Crippen LogP contribution is 2.38. The molecular formula is C10H9Cl2NO. The van der Waals surface area contributed by atoms with Crippen LogP contribution in [0, 0.1) is 6.92 Å². The van der Waals surface area contributed by atoms with E-state index in [-0.39, 0.29) is 0 Å². The maximum atomic E-state index is 6.08. The number of fused-ring (bicyclic) bond motifs is 1. The van der Waals surface area contributed by atoms with Gasteiger partial charge in [-0.05, 0) is 19.1 Å². The van der Waals surface area contributed by atoms with Gasteiger partial charge in [0.05, 0.1) is 17.6 Å². The lowest BCUT2D eigenvalue weighted by Gasteiger charge is -2.05. The fourth-order valence-corrected chi connectivity index (χ4v) is 1.95. The van der Waals surface area contributed by atoms with Gasteiger partial charge in [-0.2, -0.15) is 0 Å². The molecule has 2 aromatic rings. The normalized spacial score (nSPS) is 10.9. The van der Waals surface area contributed by atoms with E-state index < -0.39 is 0 Å². The Morgan fingerprint density at radius 2 is 1.93 bits per heavy atom. The lowest BCUT2D eigenvalue weighted by atomic mass is 10.2. The molecule has 1 aromatic heterocycles. The van der Waals surface area contributed by atoms with E-state index >= 15 is 0 Å². The van der Waals surface area contributed by atoms with Gasteiger partial charge in [0.15, 0.2) is 0 Å². The van der Waals surface area contributed by atoms with E-state index in [9.17, 15) is 0 Å². The SMILES string of the molecule is COc1cc2cc(C)[nH]c2c(Cl)c1Cl. The molecular weight excluding hydrogens is 221 g/mol. The third-order valence-electron chi connectivity index (χ3n) is 2.12. The molecule has 1 N–H and O–H groups in total. The molecule has 2 nitrogen and oxygen atoms in total. The topological polar surface area (TPSA) is 25.0 Å². The molecule has 0 bridgehead atoms. The number of H-pyrrole nitrogens is 1. The van der Waals surface area contributed by atoms with Crippen molar-refractivity contribution in [2.24, 2.45) is 0 Å². The summed E-state index contributed by atoms with van der Waals surface area (Å²) in [5.74, 6) is 0.600. The van der Waals surface area contributed by atoms with E-state index in [4.69, 9.17) is 27.9 Å². The van der Waals surface area contributed by atoms with Crippen LogP contribution in [0.25, 0.3) is 10.9 Å². The van der Waals surface area contributed by atoms with Crippen molar-refractivity contribution in [1.82, 2.24) is 4.98 Å². The fraction of sp³-hybridized carbons (Fsp3) is 0.200. The summed E-state index contributed by atoms with van der Waals surface area (Å²) in [5, 5.41) is 1.96. The van der Waals surface area contributed by atoms with E-state index in [0.717, 1.165) is 16.6 Å². The number of ether oxygens (including phenoxy) is 1. The maximum absolute atomic E-state index is 6.08. The number of rotatable bonds is 1. The number of hydrogen-bond donors (Lipinski definition) is 1. The largest absolute Gasteiger partial charge is 0.495 e. The lowest BCUT2D eigenvalue weighted by molar-refractivity contribution is 0.415. The van der Waals surface area contributed by atoms with Crippen LogP contribution in [0.1, 0.15) is 5.69 Å². The molecule has 0 aliphatic rings. The van der Waals surface area contributed by atoms with Crippen LogP contribution < -0.4 is 4.74 Å². The fourth-order valence-electron chi connectivity index (χ4n) is 1.48. The average Bonchev–Trinajstić information content (AvgIpc) is 2.52. The number of methoxy groups -OCH3 is 1. The van der Waals surface area contributed by atoms with Crippen LogP contribution in [0.2, 0.25) is 10.0 Å². The van der Waals surface area contributed by atoms with E-state index in [1.54, 1.807) is 7.11 Å². The summed E-state index contributed by atoms with van der Waals surface area (Å²) in [7, 11) is 1.57. The molecule has 1 heterocycles. The molecule has 1 aromatic carbocycles. The first kappa shape index (κ1) is 9.69. The van der Waals surface area contributed by atoms with Gasteiger partial charge in [-0.1, -0.05) is 23.2 Å². The number of halogens is 2. The average molecular weight is 230 g/mol. The molecule has 0 amide bonds. The number of aromatic nitrogens is 1. The van der Waals surface area contributed by atoms with Crippen molar-refractivity contribution in [2.45, 2.75) is 6.92 Å². The first-order chi connectivity index (χ1) is 6.63. The zero-order valence-corrected chi connectivity index (χ0v) is 9.33. The summed E-state index contributed by atoms with van der Waals surface area (Å²) in [6.07, 6.45) is 0. The standard InChI is InChI=1S/C10H9Cl2NO/c1-5-3-6-4-7(14-2)8(11)9(12)10(6)13-5/h3-4,13H,1-2H3. The Balaban J connectivity index is 2.84. The van der Waals surface area contributed by atoms with Gasteiger partial charge >= 0.3 is 0 Å². The van der Waals surface area contributed by atoms with Gasteiger partial charge in [0.25, 0.3) is 0 Å². The highest BCUT2D eigenvalue weighted by Gasteiger charge is 2.11. The molecule has 0 spiro atoms. The maximum Gasteiger partial charge on any atom is 0.139 e. The second-order valence-corrected chi connectivity index (χ2v) is 3.88. The lowest BCUT2D eigenvalue weighted by Crippen LogP contribution is -1.85. The van der Waals surface area contributed by atoms with Crippen LogP contribution in [0.5, 0.6) is 5.75 Å². The van der Waals surface area contributed by atoms with Gasteiger partial charge in [0, 0.05) is 11.1 Å². The molecule has 0 aliphatic heterocycles. The third kappa shape index (κ3) is 1.35. The summed E-state index contributed by atoms with van der Waals surface area (Å²) in [4.78, 5) is 3.15. The molecule has 0 aliphatic carbocycles. The van der Waals surface area contributed by atoms with Crippen LogP contribution >= 0.6 is 23.2 Å². The van der Waals surface area contributed by atoms with Crippen molar-refractivity contribution in [1.29, 1.82) is 0 Å². The molecule has 0 saturated heterocycles. The van der Waals surface area contributed by atoms with E-state index in [2.05, 4.69) is 4.98 Å². The number of hydrogen-bond acceptors (Lipinski definition) is 1. The van der Waals surface area contributed by atoms with Crippen molar-refractivity contribution in [3.8, 4) is 5.75 Å². The van der Waals surface area contributed by atoms with Gasteiger partial charge in [-0.25, -0.2) is 0 Å². The molecule has 2 rings (SSSR count). The van der Waals surface area contributed by atoms with Gasteiger partial charge in [-0.3, -0.25) is 0 Å². The van der Waals surface area contributed by atoms with Gasteiger partial charge in [-0.15, -0.1) is 0 Å². The number of nitrogens with one attached hydrogen (secondary N) is 1. The predicted molar refractivity (Wildman–Crippen MR) is 59.6 cm³/mol. The second kappa shape index (κ2) is 3.37. The third-order valence-corrected chi connectivity index (χ3v) is 2.97. The smallest absolute Gasteiger partial charge is 0.139 e. The highest BCUT2D eigenvalue weighted by molar-refractivity contribution is 6.46. The van der Waals surface area contributed by atoms with Gasteiger partial charge < -0.3 is 9.72 Å². The van der Waals surface area contributed by atoms with Crippen LogP contribution in [0.3, 0.4) is 0 Å². The minimum absolute atomic E-state index is 0.448. The van der Waals surface area contributed by atoms with Crippen LogP contribution in [0.15, 0.2) is 12.1 Å². The van der Waals surface area contributed by atoms with Crippen molar-refractivity contribution in [3.63, 3.8) is 0 Å². The van der Waals surface area contributed by atoms with Gasteiger partial charge in [0.2, 0.25) is 0 Å². The summed E-state index contributed by atoms with van der Waals surface area (Å²) in [6.45, 7) is 1.97. The molecule has 0 unspecified atom stereocenters. The Bertz CT molecular complexity index is 490. The Morgan fingerprint density at radius 1 is 1.21 bits per heavy atom. The summed E-state index contributed by atoms with van der Waals surface area (Å²) >= 11 is 12.1. The zero-order chi connectivity index (χ0) is 10.3. The Hall–Kier alpha value is -0.860.